The largest absolute Gasteiger partial charge is 0.444 e. The van der Waals surface area contributed by atoms with E-state index < -0.39 is 26.1 Å². The molecule has 1 aliphatic rings. The second-order valence-corrected chi connectivity index (χ2v) is 15.0. The van der Waals surface area contributed by atoms with E-state index in [-0.39, 0.29) is 17.6 Å². The Kier molecular flexibility index (Phi) is 7.17. The molecule has 2 aromatic rings. The topological polar surface area (TPSA) is 59.0 Å². The number of amides is 1. The van der Waals surface area contributed by atoms with Crippen molar-refractivity contribution in [2.24, 2.45) is 0 Å². The fourth-order valence-corrected chi connectivity index (χ4v) is 9.17. The zero-order chi connectivity index (χ0) is 23.6. The summed E-state index contributed by atoms with van der Waals surface area (Å²) in [4.78, 5) is 14.5. The van der Waals surface area contributed by atoms with Crippen molar-refractivity contribution in [3.8, 4) is 0 Å². The lowest BCUT2D eigenvalue weighted by Gasteiger charge is -2.44. The van der Waals surface area contributed by atoms with E-state index in [1.807, 2.05) is 32.9 Å². The van der Waals surface area contributed by atoms with Crippen LogP contribution in [0, 0.1) is 0 Å². The summed E-state index contributed by atoms with van der Waals surface area (Å²) in [5, 5.41) is 12.6. The predicted molar refractivity (Wildman–Crippen MR) is 131 cm³/mol. The number of hydrogen-bond donors (Lipinski definition) is 1. The summed E-state index contributed by atoms with van der Waals surface area (Å²) < 4.78 is 12.6. The zero-order valence-electron chi connectivity index (χ0n) is 20.2. The van der Waals surface area contributed by atoms with Crippen LogP contribution in [0.3, 0.4) is 0 Å². The van der Waals surface area contributed by atoms with Crippen LogP contribution in [0.5, 0.6) is 0 Å². The number of ether oxygens (including phenoxy) is 1. The number of likely N-dealkylation sites (tertiary alicyclic amines) is 1. The van der Waals surface area contributed by atoms with Crippen LogP contribution in [-0.4, -0.2) is 55.3 Å². The van der Waals surface area contributed by atoms with Gasteiger partial charge in [0.25, 0.3) is 8.32 Å². The molecule has 0 spiro atoms. The number of hydrogen-bond acceptors (Lipinski definition) is 4. The van der Waals surface area contributed by atoms with Crippen LogP contribution >= 0.6 is 0 Å². The molecule has 0 unspecified atom stereocenters. The van der Waals surface area contributed by atoms with Crippen molar-refractivity contribution < 1.29 is 19.1 Å². The Balaban J connectivity index is 1.96. The summed E-state index contributed by atoms with van der Waals surface area (Å²) >= 11 is 0. The van der Waals surface area contributed by atoms with E-state index in [0.29, 0.717) is 13.0 Å². The van der Waals surface area contributed by atoms with Gasteiger partial charge in [-0.1, -0.05) is 81.4 Å². The molecule has 174 valence electrons. The van der Waals surface area contributed by atoms with Gasteiger partial charge in [-0.2, -0.15) is 0 Å². The van der Waals surface area contributed by atoms with Crippen LogP contribution in [0.25, 0.3) is 0 Å². The summed E-state index contributed by atoms with van der Waals surface area (Å²) in [6.45, 7) is 12.9. The Bertz CT molecular complexity index is 850. The number of aliphatic hydroxyl groups is 1. The van der Waals surface area contributed by atoms with Crippen molar-refractivity contribution in [3.63, 3.8) is 0 Å². The molecule has 0 aliphatic carbocycles. The second-order valence-electron chi connectivity index (χ2n) is 10.7. The molecule has 2 aromatic carbocycles. The maximum Gasteiger partial charge on any atom is 0.410 e. The fraction of sp³-hybridized carbons (Fsp3) is 0.500. The lowest BCUT2D eigenvalue weighted by molar-refractivity contribution is 0.0169. The van der Waals surface area contributed by atoms with Crippen molar-refractivity contribution in [3.05, 3.63) is 60.7 Å². The minimum Gasteiger partial charge on any atom is -0.444 e. The summed E-state index contributed by atoms with van der Waals surface area (Å²) in [6.07, 6.45) is -0.488. The van der Waals surface area contributed by atoms with E-state index >= 15 is 0 Å². The molecule has 0 bridgehead atoms. The number of benzene rings is 2. The van der Waals surface area contributed by atoms with Gasteiger partial charge < -0.3 is 19.2 Å². The highest BCUT2D eigenvalue weighted by Gasteiger charge is 2.51. The van der Waals surface area contributed by atoms with Crippen molar-refractivity contribution in [1.82, 2.24) is 4.90 Å². The molecule has 1 fully saturated rings. The first-order chi connectivity index (χ1) is 14.9. The summed E-state index contributed by atoms with van der Waals surface area (Å²) in [6, 6.07) is 20.6. The van der Waals surface area contributed by atoms with E-state index in [9.17, 15) is 9.90 Å². The Morgan fingerprint density at radius 1 is 0.969 bits per heavy atom. The van der Waals surface area contributed by atoms with Crippen LogP contribution in [0.15, 0.2) is 60.7 Å². The molecular formula is C26H37NO4Si. The third-order valence-electron chi connectivity index (χ3n) is 5.93. The molecule has 1 aliphatic heterocycles. The average Bonchev–Trinajstić information content (AvgIpc) is 3.09. The maximum absolute atomic E-state index is 12.8. The molecule has 32 heavy (non-hydrogen) atoms. The van der Waals surface area contributed by atoms with Gasteiger partial charge in [0, 0.05) is 0 Å². The van der Waals surface area contributed by atoms with E-state index in [1.54, 1.807) is 4.90 Å². The summed E-state index contributed by atoms with van der Waals surface area (Å²) in [5.74, 6) is 0. The van der Waals surface area contributed by atoms with Gasteiger partial charge in [0.15, 0.2) is 0 Å². The number of carbonyl (C=O) groups excluding carboxylic acids is 1. The monoisotopic (exact) mass is 455 g/mol. The first kappa shape index (κ1) is 24.5. The van der Waals surface area contributed by atoms with E-state index in [0.717, 1.165) is 0 Å². The third kappa shape index (κ3) is 5.25. The lowest BCUT2D eigenvalue weighted by Crippen LogP contribution is -2.67. The molecule has 6 heteroatoms. The number of nitrogens with zero attached hydrogens (tertiary/aromatic N) is 1. The van der Waals surface area contributed by atoms with Gasteiger partial charge in [-0.05, 0) is 42.6 Å². The fourth-order valence-electron chi connectivity index (χ4n) is 4.58. The molecule has 1 saturated heterocycles. The molecule has 0 saturated carbocycles. The molecule has 0 radical (unpaired) electrons. The SMILES string of the molecule is CC(C)(C)OC(=O)N1C[C@H](O)C[C@@H]1CO[Si](c1ccccc1)(c1ccccc1)C(C)(C)C. The van der Waals surface area contributed by atoms with Crippen molar-refractivity contribution in [2.45, 2.75) is 70.7 Å². The van der Waals surface area contributed by atoms with E-state index in [1.165, 1.54) is 10.4 Å². The van der Waals surface area contributed by atoms with Gasteiger partial charge in [-0.15, -0.1) is 0 Å². The highest BCUT2D eigenvalue weighted by atomic mass is 28.4. The van der Waals surface area contributed by atoms with Crippen LogP contribution in [0.2, 0.25) is 5.04 Å². The first-order valence-corrected chi connectivity index (χ1v) is 13.3. The smallest absolute Gasteiger partial charge is 0.410 e. The Labute approximate surface area is 193 Å². The van der Waals surface area contributed by atoms with Crippen LogP contribution in [0.4, 0.5) is 4.79 Å². The van der Waals surface area contributed by atoms with Crippen LogP contribution in [0.1, 0.15) is 48.0 Å². The zero-order valence-corrected chi connectivity index (χ0v) is 21.2. The molecule has 1 heterocycles. The van der Waals surface area contributed by atoms with E-state index in [2.05, 4.69) is 69.3 Å². The minimum atomic E-state index is -2.71. The Morgan fingerprint density at radius 2 is 1.47 bits per heavy atom. The van der Waals surface area contributed by atoms with Crippen LogP contribution in [-0.2, 0) is 9.16 Å². The molecule has 1 N–H and O–H groups in total. The number of carbonyl (C=O) groups is 1. The quantitative estimate of drug-likeness (QED) is 0.694. The van der Waals surface area contributed by atoms with Gasteiger partial charge >= 0.3 is 6.09 Å². The third-order valence-corrected chi connectivity index (χ3v) is 10.9. The Hall–Kier alpha value is -2.15. The molecule has 0 aromatic heterocycles. The Morgan fingerprint density at radius 3 is 1.91 bits per heavy atom. The standard InChI is InChI=1S/C26H37NO4Si/c1-25(2,3)31-24(29)27-18-21(28)17-20(27)19-30-32(26(4,5)6,22-13-9-7-10-14-22)23-15-11-8-12-16-23/h7-16,20-21,28H,17-19H2,1-6H3/t20-,21-/m1/s1. The molecule has 1 amide bonds. The molecule has 3 rings (SSSR count). The predicted octanol–water partition coefficient (Wildman–Crippen LogP) is 3.93. The second kappa shape index (κ2) is 9.38. The van der Waals surface area contributed by atoms with Crippen molar-refractivity contribution in [2.75, 3.05) is 13.2 Å². The highest BCUT2D eigenvalue weighted by molar-refractivity contribution is 6.99. The normalized spacial score (nSPS) is 19.8. The average molecular weight is 456 g/mol. The summed E-state index contributed by atoms with van der Waals surface area (Å²) in [7, 11) is -2.71. The number of β-amino-alcohol motifs (C(OH)–C–C–N with tert-alkyl or cyclic N) is 1. The highest BCUT2D eigenvalue weighted by Crippen LogP contribution is 2.37. The first-order valence-electron chi connectivity index (χ1n) is 11.4. The maximum atomic E-state index is 12.8. The summed E-state index contributed by atoms with van der Waals surface area (Å²) in [5.41, 5.74) is -0.589. The van der Waals surface area contributed by atoms with Crippen molar-refractivity contribution >= 4 is 24.8 Å². The molecule has 2 atom stereocenters. The van der Waals surface area contributed by atoms with Gasteiger partial charge in [0.2, 0.25) is 0 Å². The molecule has 5 nitrogen and oxygen atoms in total. The molecular weight excluding hydrogens is 418 g/mol. The number of rotatable bonds is 5. The number of aliphatic hydroxyl groups excluding tert-OH is 1. The van der Waals surface area contributed by atoms with E-state index in [4.69, 9.17) is 9.16 Å². The van der Waals surface area contributed by atoms with Crippen molar-refractivity contribution in [1.29, 1.82) is 0 Å². The van der Waals surface area contributed by atoms with Gasteiger partial charge in [-0.25, -0.2) is 4.79 Å². The minimum absolute atomic E-state index is 0.149. The lowest BCUT2D eigenvalue weighted by atomic mass is 10.2. The van der Waals surface area contributed by atoms with Gasteiger partial charge in [-0.3, -0.25) is 0 Å². The van der Waals surface area contributed by atoms with Crippen LogP contribution < -0.4 is 10.4 Å². The van der Waals surface area contributed by atoms with Gasteiger partial charge in [0.05, 0.1) is 25.3 Å². The van der Waals surface area contributed by atoms with Gasteiger partial charge in [0.1, 0.15) is 5.60 Å².